The van der Waals surface area contributed by atoms with Crippen LogP contribution in [0.15, 0.2) is 24.3 Å². The maximum Gasteiger partial charge on any atom is 0.220 e. The molecule has 2 heteroatoms. The number of amides is 1. The minimum absolute atomic E-state index is 0.109. The number of hydrogen-bond donors (Lipinski definition) is 1. The van der Waals surface area contributed by atoms with Gasteiger partial charge < -0.3 is 5.32 Å². The number of benzene rings is 1. The summed E-state index contributed by atoms with van der Waals surface area (Å²) in [6.07, 6.45) is 3.74. The lowest BCUT2D eigenvalue weighted by Crippen LogP contribution is -2.17. The van der Waals surface area contributed by atoms with Gasteiger partial charge in [-0.1, -0.05) is 58.4 Å². The van der Waals surface area contributed by atoms with Gasteiger partial charge in [0, 0.05) is 13.5 Å². The van der Waals surface area contributed by atoms with Gasteiger partial charge in [-0.2, -0.15) is 0 Å². The standard InChI is InChI=1S/C15H23NO.C2H6/c1-4-12(2)10-14-7-5-6-13(11-14)8-9-15(17)16-3;1-2/h5-7,11-12H,4,8-10H2,1-3H3,(H,16,17);1-2H3. The normalized spacial score (nSPS) is 11.2. The van der Waals surface area contributed by atoms with Crippen LogP contribution in [0.5, 0.6) is 0 Å². The lowest BCUT2D eigenvalue weighted by atomic mass is 9.96. The van der Waals surface area contributed by atoms with Crippen LogP contribution < -0.4 is 5.32 Å². The molecule has 0 spiro atoms. The van der Waals surface area contributed by atoms with Crippen molar-refractivity contribution in [2.45, 2.75) is 53.4 Å². The third kappa shape index (κ3) is 7.66. The molecule has 1 amide bonds. The van der Waals surface area contributed by atoms with Gasteiger partial charge in [0.1, 0.15) is 0 Å². The van der Waals surface area contributed by atoms with Gasteiger partial charge in [-0.05, 0) is 29.9 Å². The minimum Gasteiger partial charge on any atom is -0.359 e. The molecule has 0 aromatic heterocycles. The van der Waals surface area contributed by atoms with Crippen LogP contribution in [-0.2, 0) is 17.6 Å². The summed E-state index contributed by atoms with van der Waals surface area (Å²) in [7, 11) is 1.68. The fraction of sp³-hybridized carbons (Fsp3) is 0.588. The number of rotatable bonds is 6. The van der Waals surface area contributed by atoms with Gasteiger partial charge >= 0.3 is 0 Å². The molecule has 1 atom stereocenters. The SMILES string of the molecule is CC.CCC(C)Cc1cccc(CCC(=O)NC)c1. The van der Waals surface area contributed by atoms with Gasteiger partial charge in [-0.15, -0.1) is 0 Å². The Bertz CT molecular complexity index is 360. The Hall–Kier alpha value is -1.31. The first-order valence-electron chi connectivity index (χ1n) is 7.44. The van der Waals surface area contributed by atoms with Crippen molar-refractivity contribution in [3.05, 3.63) is 35.4 Å². The van der Waals surface area contributed by atoms with Crippen LogP contribution in [0.3, 0.4) is 0 Å². The van der Waals surface area contributed by atoms with Crippen molar-refractivity contribution in [1.82, 2.24) is 5.32 Å². The van der Waals surface area contributed by atoms with Crippen LogP contribution in [0.1, 0.15) is 51.7 Å². The molecule has 2 nitrogen and oxygen atoms in total. The summed E-state index contributed by atoms with van der Waals surface area (Å²) < 4.78 is 0. The fourth-order valence-corrected chi connectivity index (χ4v) is 1.84. The number of nitrogens with one attached hydrogen (secondary N) is 1. The molecule has 0 fully saturated rings. The van der Waals surface area contributed by atoms with Gasteiger partial charge in [-0.25, -0.2) is 0 Å². The van der Waals surface area contributed by atoms with Gasteiger partial charge in [0.05, 0.1) is 0 Å². The van der Waals surface area contributed by atoms with E-state index in [-0.39, 0.29) is 5.91 Å². The van der Waals surface area contributed by atoms with Crippen molar-refractivity contribution >= 4 is 5.91 Å². The van der Waals surface area contributed by atoms with Gasteiger partial charge in [0.15, 0.2) is 0 Å². The molecule has 108 valence electrons. The minimum atomic E-state index is 0.109. The molecule has 0 aliphatic carbocycles. The second-order valence-corrected chi connectivity index (χ2v) is 4.71. The lowest BCUT2D eigenvalue weighted by molar-refractivity contribution is -0.120. The van der Waals surface area contributed by atoms with E-state index in [0.29, 0.717) is 6.42 Å². The van der Waals surface area contributed by atoms with Gasteiger partial charge in [0.2, 0.25) is 5.91 Å². The average Bonchev–Trinajstić information content (AvgIpc) is 2.47. The monoisotopic (exact) mass is 263 g/mol. The zero-order valence-corrected chi connectivity index (χ0v) is 13.1. The molecule has 0 saturated heterocycles. The van der Waals surface area contributed by atoms with Crippen LogP contribution in [0, 0.1) is 5.92 Å². The fourth-order valence-electron chi connectivity index (χ4n) is 1.84. The molecule has 1 aromatic carbocycles. The summed E-state index contributed by atoms with van der Waals surface area (Å²) in [4.78, 5) is 11.2. The Kier molecular flexibility index (Phi) is 9.87. The van der Waals surface area contributed by atoms with E-state index in [9.17, 15) is 4.79 Å². The van der Waals surface area contributed by atoms with Gasteiger partial charge in [-0.3, -0.25) is 4.79 Å². The second-order valence-electron chi connectivity index (χ2n) is 4.71. The van der Waals surface area contributed by atoms with Crippen molar-refractivity contribution in [3.63, 3.8) is 0 Å². The highest BCUT2D eigenvalue weighted by Gasteiger charge is 2.03. The Morgan fingerprint density at radius 2 is 1.89 bits per heavy atom. The molecule has 0 heterocycles. The molecular formula is C17H29NO. The zero-order valence-electron chi connectivity index (χ0n) is 13.1. The summed E-state index contributed by atoms with van der Waals surface area (Å²) in [6.45, 7) is 8.50. The highest BCUT2D eigenvalue weighted by Crippen LogP contribution is 2.14. The molecule has 19 heavy (non-hydrogen) atoms. The first kappa shape index (κ1) is 17.7. The van der Waals surface area contributed by atoms with Crippen molar-refractivity contribution in [2.75, 3.05) is 7.05 Å². The van der Waals surface area contributed by atoms with Crippen LogP contribution >= 0.6 is 0 Å². The van der Waals surface area contributed by atoms with Crippen molar-refractivity contribution in [2.24, 2.45) is 5.92 Å². The van der Waals surface area contributed by atoms with E-state index in [4.69, 9.17) is 0 Å². The molecule has 0 aliphatic rings. The van der Waals surface area contributed by atoms with E-state index in [1.54, 1.807) is 7.05 Å². The van der Waals surface area contributed by atoms with E-state index >= 15 is 0 Å². The quantitative estimate of drug-likeness (QED) is 0.826. The third-order valence-electron chi connectivity index (χ3n) is 3.19. The largest absolute Gasteiger partial charge is 0.359 e. The van der Waals surface area contributed by atoms with Crippen LogP contribution in [0.2, 0.25) is 0 Å². The van der Waals surface area contributed by atoms with E-state index in [0.717, 1.165) is 18.8 Å². The molecule has 0 saturated carbocycles. The molecule has 0 radical (unpaired) electrons. The molecule has 1 N–H and O–H groups in total. The summed E-state index contributed by atoms with van der Waals surface area (Å²) in [5.74, 6) is 0.835. The topological polar surface area (TPSA) is 29.1 Å². The van der Waals surface area contributed by atoms with E-state index < -0.39 is 0 Å². The Balaban J connectivity index is 0.00000154. The molecule has 0 bridgehead atoms. The van der Waals surface area contributed by atoms with Crippen molar-refractivity contribution < 1.29 is 4.79 Å². The summed E-state index contributed by atoms with van der Waals surface area (Å²) >= 11 is 0. The lowest BCUT2D eigenvalue weighted by Gasteiger charge is -2.09. The smallest absolute Gasteiger partial charge is 0.220 e. The zero-order chi connectivity index (χ0) is 14.7. The summed E-state index contributed by atoms with van der Waals surface area (Å²) in [5, 5.41) is 2.65. The molecule has 0 aliphatic heterocycles. The maximum absolute atomic E-state index is 11.2. The molecule has 1 aromatic rings. The Labute approximate surface area is 118 Å². The van der Waals surface area contributed by atoms with E-state index in [1.165, 1.54) is 17.5 Å². The predicted octanol–water partition coefficient (Wildman–Crippen LogP) is 3.98. The maximum atomic E-state index is 11.2. The van der Waals surface area contributed by atoms with E-state index in [1.807, 2.05) is 13.8 Å². The number of carbonyl (C=O) groups is 1. The molecular weight excluding hydrogens is 234 g/mol. The summed E-state index contributed by atoms with van der Waals surface area (Å²) in [5.41, 5.74) is 2.64. The second kappa shape index (κ2) is 10.6. The number of carbonyl (C=O) groups excluding carboxylic acids is 1. The predicted molar refractivity (Wildman–Crippen MR) is 83.3 cm³/mol. The van der Waals surface area contributed by atoms with Crippen molar-refractivity contribution in [1.29, 1.82) is 0 Å². The van der Waals surface area contributed by atoms with E-state index in [2.05, 4.69) is 43.4 Å². The van der Waals surface area contributed by atoms with Gasteiger partial charge in [0.25, 0.3) is 0 Å². The van der Waals surface area contributed by atoms with Crippen LogP contribution in [0.25, 0.3) is 0 Å². The third-order valence-corrected chi connectivity index (χ3v) is 3.19. The average molecular weight is 263 g/mol. The number of hydrogen-bond acceptors (Lipinski definition) is 1. The Morgan fingerprint density at radius 1 is 1.26 bits per heavy atom. The van der Waals surface area contributed by atoms with Crippen LogP contribution in [-0.4, -0.2) is 13.0 Å². The summed E-state index contributed by atoms with van der Waals surface area (Å²) in [6, 6.07) is 8.60. The highest BCUT2D eigenvalue weighted by molar-refractivity contribution is 5.75. The first-order valence-corrected chi connectivity index (χ1v) is 7.44. The molecule has 1 unspecified atom stereocenters. The Morgan fingerprint density at radius 3 is 2.47 bits per heavy atom. The van der Waals surface area contributed by atoms with Crippen LogP contribution in [0.4, 0.5) is 0 Å². The molecule has 1 rings (SSSR count). The van der Waals surface area contributed by atoms with Crippen molar-refractivity contribution in [3.8, 4) is 0 Å². The highest BCUT2D eigenvalue weighted by atomic mass is 16.1. The number of aryl methyl sites for hydroxylation is 1. The first-order chi connectivity index (χ1) is 9.15.